The first-order valence-electron chi connectivity index (χ1n) is 20.7. The predicted molar refractivity (Wildman–Crippen MR) is 252 cm³/mol. The Morgan fingerprint density at radius 2 is 1.10 bits per heavy atom. The molecule has 1 aliphatic rings. The predicted octanol–water partition coefficient (Wildman–Crippen LogP) is 15.9. The number of para-hydroxylation sites is 1. The van der Waals surface area contributed by atoms with Crippen molar-refractivity contribution in [2.24, 2.45) is 0 Å². The van der Waals surface area contributed by atoms with Crippen molar-refractivity contribution in [2.75, 3.05) is 4.90 Å². The molecule has 59 heavy (non-hydrogen) atoms. The number of aromatic nitrogens is 1. The highest BCUT2D eigenvalue weighted by Gasteiger charge is 2.36. The Labute approximate surface area is 347 Å². The van der Waals surface area contributed by atoms with Crippen molar-refractivity contribution in [3.63, 3.8) is 0 Å². The van der Waals surface area contributed by atoms with Crippen molar-refractivity contribution in [2.45, 2.75) is 33.1 Å². The number of fused-ring (bicyclic) bond motifs is 6. The summed E-state index contributed by atoms with van der Waals surface area (Å²) in [6.45, 7) is 8.90. The van der Waals surface area contributed by atoms with E-state index in [1.807, 2.05) is 0 Å². The highest BCUT2D eigenvalue weighted by Crippen LogP contribution is 2.51. The highest BCUT2D eigenvalue weighted by molar-refractivity contribution is 6.16. The summed E-state index contributed by atoms with van der Waals surface area (Å²) in [6.07, 6.45) is 6.46. The Morgan fingerprint density at radius 1 is 0.492 bits per heavy atom. The van der Waals surface area contributed by atoms with Crippen LogP contribution in [0.25, 0.3) is 66.4 Å². The van der Waals surface area contributed by atoms with Gasteiger partial charge in [-0.05, 0) is 131 Å². The van der Waals surface area contributed by atoms with Gasteiger partial charge < -0.3 is 9.47 Å². The fourth-order valence-corrected chi connectivity index (χ4v) is 9.38. The van der Waals surface area contributed by atoms with E-state index < -0.39 is 0 Å². The third kappa shape index (κ3) is 6.11. The SMILES string of the molecule is C/C=C\C(=C/C)c1ccc(N(c2ccc3c(c2)C(C)(C)c2ccccc2-3)c2ccc3c(c2)c2cc(-c4ccccc4)cc(-c4ccccc4)c2n3-c2ccccc2)cc1. The molecule has 10 rings (SSSR count). The molecule has 9 aromatic rings. The number of rotatable bonds is 8. The molecule has 0 unspecified atom stereocenters. The van der Waals surface area contributed by atoms with Crippen molar-refractivity contribution >= 4 is 44.4 Å². The standard InChI is InChI=1S/C57H46N2/c1-5-18-39(6-2)41-27-29-45(30-28-41)58(47-31-33-49-48-25-16-17-26-53(48)57(3,4)54(49)38-47)46-32-34-55-51(37-46)52-36-43(40-19-10-7-11-20-40)35-50(42-21-12-8-13-22-42)56(52)59(55)44-23-14-9-15-24-44/h5-38H,1-4H3/b18-5-,39-6+. The van der Waals surface area contributed by atoms with Crippen molar-refractivity contribution in [1.29, 1.82) is 0 Å². The van der Waals surface area contributed by atoms with Gasteiger partial charge in [0.1, 0.15) is 0 Å². The second-order valence-electron chi connectivity index (χ2n) is 16.1. The maximum Gasteiger partial charge on any atom is 0.0619 e. The van der Waals surface area contributed by atoms with Crippen LogP contribution in [0.1, 0.15) is 44.4 Å². The molecule has 0 radical (unpaired) electrons. The summed E-state index contributed by atoms with van der Waals surface area (Å²) in [5.74, 6) is 0. The molecule has 1 heterocycles. The molecular weight excluding hydrogens is 713 g/mol. The second kappa shape index (κ2) is 14.7. The van der Waals surface area contributed by atoms with E-state index in [0.717, 1.165) is 22.7 Å². The molecule has 0 fully saturated rings. The van der Waals surface area contributed by atoms with E-state index >= 15 is 0 Å². The van der Waals surface area contributed by atoms with E-state index in [1.165, 1.54) is 77.5 Å². The molecule has 0 aliphatic heterocycles. The number of allylic oxidation sites excluding steroid dienone is 4. The molecule has 1 aromatic heterocycles. The minimum Gasteiger partial charge on any atom is -0.310 e. The molecule has 0 N–H and O–H groups in total. The van der Waals surface area contributed by atoms with Gasteiger partial charge in [-0.1, -0.05) is 153 Å². The smallest absolute Gasteiger partial charge is 0.0619 e. The summed E-state index contributed by atoms with van der Waals surface area (Å²) >= 11 is 0. The zero-order valence-corrected chi connectivity index (χ0v) is 34.0. The van der Waals surface area contributed by atoms with Crippen LogP contribution in [-0.4, -0.2) is 4.57 Å². The van der Waals surface area contributed by atoms with Gasteiger partial charge in [0.05, 0.1) is 11.0 Å². The van der Waals surface area contributed by atoms with Crippen molar-refractivity contribution in [3.05, 3.63) is 223 Å². The van der Waals surface area contributed by atoms with Crippen LogP contribution in [-0.2, 0) is 5.41 Å². The summed E-state index contributed by atoms with van der Waals surface area (Å²) in [5.41, 5.74) is 19.3. The monoisotopic (exact) mass is 758 g/mol. The summed E-state index contributed by atoms with van der Waals surface area (Å²) in [5, 5.41) is 2.42. The summed E-state index contributed by atoms with van der Waals surface area (Å²) < 4.78 is 2.46. The lowest BCUT2D eigenvalue weighted by atomic mass is 9.82. The first-order chi connectivity index (χ1) is 28.9. The maximum atomic E-state index is 2.46. The van der Waals surface area contributed by atoms with Gasteiger partial charge in [0.2, 0.25) is 0 Å². The van der Waals surface area contributed by atoms with Crippen LogP contribution in [0.3, 0.4) is 0 Å². The van der Waals surface area contributed by atoms with Gasteiger partial charge in [0, 0.05) is 44.5 Å². The molecule has 2 nitrogen and oxygen atoms in total. The maximum absolute atomic E-state index is 2.46. The van der Waals surface area contributed by atoms with E-state index in [1.54, 1.807) is 0 Å². The van der Waals surface area contributed by atoms with Gasteiger partial charge in [-0.3, -0.25) is 0 Å². The lowest BCUT2D eigenvalue weighted by Crippen LogP contribution is -2.16. The quantitative estimate of drug-likeness (QED) is 0.140. The van der Waals surface area contributed by atoms with E-state index in [4.69, 9.17) is 0 Å². The Bertz CT molecular complexity index is 3060. The fourth-order valence-electron chi connectivity index (χ4n) is 9.38. The van der Waals surface area contributed by atoms with Crippen molar-refractivity contribution in [3.8, 4) is 39.1 Å². The molecule has 284 valence electrons. The van der Waals surface area contributed by atoms with Crippen LogP contribution in [0.5, 0.6) is 0 Å². The van der Waals surface area contributed by atoms with Crippen LogP contribution < -0.4 is 4.90 Å². The third-order valence-electron chi connectivity index (χ3n) is 12.3. The van der Waals surface area contributed by atoms with Gasteiger partial charge in [-0.25, -0.2) is 0 Å². The molecule has 0 atom stereocenters. The van der Waals surface area contributed by atoms with Crippen LogP contribution in [0, 0.1) is 0 Å². The van der Waals surface area contributed by atoms with Gasteiger partial charge >= 0.3 is 0 Å². The van der Waals surface area contributed by atoms with Gasteiger partial charge in [-0.2, -0.15) is 0 Å². The van der Waals surface area contributed by atoms with Crippen LogP contribution in [0.4, 0.5) is 17.1 Å². The van der Waals surface area contributed by atoms with Crippen LogP contribution in [0.15, 0.2) is 206 Å². The topological polar surface area (TPSA) is 8.17 Å². The fraction of sp³-hybridized carbons (Fsp3) is 0.0877. The van der Waals surface area contributed by atoms with E-state index in [2.05, 4.69) is 243 Å². The second-order valence-corrected chi connectivity index (χ2v) is 16.1. The third-order valence-corrected chi connectivity index (χ3v) is 12.3. The minimum absolute atomic E-state index is 0.125. The lowest BCUT2D eigenvalue weighted by molar-refractivity contribution is 0.660. The summed E-state index contributed by atoms with van der Waals surface area (Å²) in [7, 11) is 0. The largest absolute Gasteiger partial charge is 0.310 e. The van der Waals surface area contributed by atoms with E-state index in [9.17, 15) is 0 Å². The number of nitrogens with zero attached hydrogens (tertiary/aromatic N) is 2. The zero-order chi connectivity index (χ0) is 40.1. The van der Waals surface area contributed by atoms with Crippen LogP contribution in [0.2, 0.25) is 0 Å². The molecule has 0 bridgehead atoms. The van der Waals surface area contributed by atoms with Gasteiger partial charge in [-0.15, -0.1) is 0 Å². The van der Waals surface area contributed by atoms with E-state index in [0.29, 0.717) is 0 Å². The lowest BCUT2D eigenvalue weighted by Gasteiger charge is -2.28. The molecular formula is C57H46N2. The number of hydrogen-bond donors (Lipinski definition) is 0. The Kier molecular flexibility index (Phi) is 8.99. The number of anilines is 3. The average molecular weight is 759 g/mol. The first kappa shape index (κ1) is 36.2. The van der Waals surface area contributed by atoms with Gasteiger partial charge in [0.25, 0.3) is 0 Å². The Balaban J connectivity index is 1.25. The molecule has 0 saturated heterocycles. The average Bonchev–Trinajstić information content (AvgIpc) is 3.74. The van der Waals surface area contributed by atoms with E-state index in [-0.39, 0.29) is 5.41 Å². The number of benzene rings is 8. The molecule has 0 saturated carbocycles. The summed E-state index contributed by atoms with van der Waals surface area (Å²) in [6, 6.07) is 69.3. The Morgan fingerprint density at radius 3 is 1.81 bits per heavy atom. The normalized spacial score (nSPS) is 13.3. The zero-order valence-electron chi connectivity index (χ0n) is 34.0. The molecule has 2 heteroatoms. The minimum atomic E-state index is -0.125. The Hall–Kier alpha value is -7.16. The molecule has 8 aromatic carbocycles. The first-order valence-corrected chi connectivity index (χ1v) is 20.7. The highest BCUT2D eigenvalue weighted by atomic mass is 15.1. The van der Waals surface area contributed by atoms with Crippen LogP contribution >= 0.6 is 0 Å². The molecule has 0 spiro atoms. The van der Waals surface area contributed by atoms with Crippen molar-refractivity contribution < 1.29 is 0 Å². The van der Waals surface area contributed by atoms with Crippen molar-refractivity contribution in [1.82, 2.24) is 4.57 Å². The number of hydrogen-bond acceptors (Lipinski definition) is 1. The summed E-state index contributed by atoms with van der Waals surface area (Å²) in [4.78, 5) is 2.44. The molecule has 0 amide bonds. The molecule has 1 aliphatic carbocycles. The van der Waals surface area contributed by atoms with Gasteiger partial charge in [0.15, 0.2) is 0 Å².